The predicted octanol–water partition coefficient (Wildman–Crippen LogP) is 2.57. The van der Waals surface area contributed by atoms with Gasteiger partial charge in [-0.25, -0.2) is 4.79 Å². The average Bonchev–Trinajstić information content (AvgIpc) is 2.71. The molecule has 154 valence electrons. The number of carbonyl (C=O) groups is 3. The fourth-order valence-corrected chi connectivity index (χ4v) is 3.43. The summed E-state index contributed by atoms with van der Waals surface area (Å²) in [6.45, 7) is 1.43. The number of carbonyl (C=O) groups excluding carboxylic acids is 3. The number of rotatable bonds is 8. The van der Waals surface area contributed by atoms with E-state index >= 15 is 0 Å². The van der Waals surface area contributed by atoms with Gasteiger partial charge in [0.1, 0.15) is 0 Å². The van der Waals surface area contributed by atoms with E-state index in [1.807, 2.05) is 30.3 Å². The number of thioether (sulfide) groups is 1. The highest BCUT2D eigenvalue weighted by Crippen LogP contribution is 2.28. The van der Waals surface area contributed by atoms with Gasteiger partial charge in [0.2, 0.25) is 5.91 Å². The summed E-state index contributed by atoms with van der Waals surface area (Å²) < 4.78 is 4.78. The van der Waals surface area contributed by atoms with Crippen LogP contribution in [0.15, 0.2) is 48.5 Å². The van der Waals surface area contributed by atoms with Crippen molar-refractivity contribution in [3.05, 3.63) is 59.7 Å². The molecule has 8 heteroatoms. The zero-order chi connectivity index (χ0) is 21.4. The molecule has 0 spiro atoms. The Morgan fingerprint density at radius 1 is 1.07 bits per heavy atom. The number of aromatic hydroxyl groups is 2. The van der Waals surface area contributed by atoms with E-state index in [1.165, 1.54) is 32.2 Å². The first kappa shape index (κ1) is 22.3. The second kappa shape index (κ2) is 10.5. The van der Waals surface area contributed by atoms with Crippen LogP contribution in [0.4, 0.5) is 0 Å². The number of esters is 1. The van der Waals surface area contributed by atoms with Crippen molar-refractivity contribution < 1.29 is 29.3 Å². The molecule has 0 aromatic heterocycles. The quantitative estimate of drug-likeness (QED) is 0.447. The lowest BCUT2D eigenvalue weighted by Crippen LogP contribution is -2.40. The molecule has 0 fully saturated rings. The van der Waals surface area contributed by atoms with Gasteiger partial charge in [-0.3, -0.25) is 9.59 Å². The fraction of sp³-hybridized carbons (Fsp3) is 0.286. The molecule has 0 aliphatic rings. The number of phenols is 2. The number of amides is 1. The molecule has 2 aromatic carbocycles. The minimum Gasteiger partial charge on any atom is -0.504 e. The molecule has 0 saturated carbocycles. The predicted molar refractivity (Wildman–Crippen MR) is 109 cm³/mol. The number of hydrogen-bond donors (Lipinski definition) is 3. The molecule has 0 aliphatic carbocycles. The summed E-state index contributed by atoms with van der Waals surface area (Å²) in [5.74, 6) is -2.22. The normalized spacial score (nSPS) is 12.6. The number of methoxy groups -OCH3 is 1. The molecule has 29 heavy (non-hydrogen) atoms. The first-order valence-corrected chi connectivity index (χ1v) is 9.87. The highest BCUT2D eigenvalue weighted by atomic mass is 32.2. The SMILES string of the molecule is COC(=O)[C@H](NC(=O)C(CSC(C)=O)Cc1ccccc1)c1ccc(O)c(O)c1. The Labute approximate surface area is 173 Å². The van der Waals surface area contributed by atoms with Crippen LogP contribution in [0.25, 0.3) is 0 Å². The van der Waals surface area contributed by atoms with E-state index in [2.05, 4.69) is 5.32 Å². The van der Waals surface area contributed by atoms with Crippen LogP contribution in [0, 0.1) is 5.92 Å². The Morgan fingerprint density at radius 3 is 2.34 bits per heavy atom. The lowest BCUT2D eigenvalue weighted by Gasteiger charge is -2.21. The van der Waals surface area contributed by atoms with Gasteiger partial charge in [0.25, 0.3) is 0 Å². The van der Waals surface area contributed by atoms with Gasteiger partial charge in [0, 0.05) is 12.7 Å². The number of nitrogens with one attached hydrogen (secondary N) is 1. The molecule has 2 atom stereocenters. The molecule has 2 rings (SSSR count). The Balaban J connectivity index is 2.24. The van der Waals surface area contributed by atoms with Crippen molar-refractivity contribution in [1.82, 2.24) is 5.32 Å². The third kappa shape index (κ3) is 6.53. The van der Waals surface area contributed by atoms with Crippen molar-refractivity contribution in [2.75, 3.05) is 12.9 Å². The van der Waals surface area contributed by atoms with Gasteiger partial charge >= 0.3 is 5.97 Å². The van der Waals surface area contributed by atoms with Crippen LogP contribution in [0.1, 0.15) is 24.1 Å². The average molecular weight is 417 g/mol. The molecule has 2 aromatic rings. The van der Waals surface area contributed by atoms with Gasteiger partial charge in [-0.15, -0.1) is 0 Å². The van der Waals surface area contributed by atoms with Gasteiger partial charge in [0.05, 0.1) is 13.0 Å². The molecular weight excluding hydrogens is 394 g/mol. The maximum absolute atomic E-state index is 13.0. The van der Waals surface area contributed by atoms with E-state index in [1.54, 1.807) is 0 Å². The summed E-state index contributed by atoms with van der Waals surface area (Å²) in [7, 11) is 1.19. The van der Waals surface area contributed by atoms with E-state index < -0.39 is 29.6 Å². The Hall–Kier alpha value is -3.00. The number of phenolic OH excluding ortho intramolecular Hbond substituents is 2. The van der Waals surface area contributed by atoms with Gasteiger partial charge < -0.3 is 20.3 Å². The third-order valence-corrected chi connectivity index (χ3v) is 5.22. The maximum atomic E-state index is 13.0. The molecule has 0 heterocycles. The smallest absolute Gasteiger partial charge is 0.333 e. The van der Waals surface area contributed by atoms with Gasteiger partial charge in [-0.2, -0.15) is 0 Å². The van der Waals surface area contributed by atoms with Crippen molar-refractivity contribution in [3.8, 4) is 11.5 Å². The lowest BCUT2D eigenvalue weighted by molar-refractivity contribution is -0.145. The summed E-state index contributed by atoms with van der Waals surface area (Å²) >= 11 is 1.04. The molecule has 0 saturated heterocycles. The topological polar surface area (TPSA) is 113 Å². The lowest BCUT2D eigenvalue weighted by atomic mass is 9.99. The summed E-state index contributed by atoms with van der Waals surface area (Å²) in [6, 6.07) is 12.0. The molecule has 0 radical (unpaired) electrons. The molecule has 7 nitrogen and oxygen atoms in total. The van der Waals surface area contributed by atoms with Crippen LogP contribution in [-0.4, -0.2) is 40.1 Å². The van der Waals surface area contributed by atoms with Gasteiger partial charge in [-0.05, 0) is 29.7 Å². The molecule has 0 aliphatic heterocycles. The molecular formula is C21H23NO6S. The minimum atomic E-state index is -1.17. The van der Waals surface area contributed by atoms with Crippen molar-refractivity contribution in [2.45, 2.75) is 19.4 Å². The van der Waals surface area contributed by atoms with Crippen LogP contribution in [0.3, 0.4) is 0 Å². The van der Waals surface area contributed by atoms with Gasteiger partial charge in [-0.1, -0.05) is 48.2 Å². The summed E-state index contributed by atoms with van der Waals surface area (Å²) in [5.41, 5.74) is 1.19. The van der Waals surface area contributed by atoms with E-state index in [9.17, 15) is 24.6 Å². The van der Waals surface area contributed by atoms with Crippen molar-refractivity contribution in [2.24, 2.45) is 5.92 Å². The van der Waals surface area contributed by atoms with Crippen LogP contribution < -0.4 is 5.32 Å². The monoisotopic (exact) mass is 417 g/mol. The Morgan fingerprint density at radius 2 is 1.76 bits per heavy atom. The van der Waals surface area contributed by atoms with Crippen LogP contribution in [0.5, 0.6) is 11.5 Å². The zero-order valence-corrected chi connectivity index (χ0v) is 16.9. The second-order valence-electron chi connectivity index (χ2n) is 6.40. The van der Waals surface area contributed by atoms with E-state index in [0.29, 0.717) is 6.42 Å². The Bertz CT molecular complexity index is 871. The highest BCUT2D eigenvalue weighted by Gasteiger charge is 2.28. The largest absolute Gasteiger partial charge is 0.504 e. The van der Waals surface area contributed by atoms with Crippen molar-refractivity contribution >= 4 is 28.8 Å². The minimum absolute atomic E-state index is 0.108. The molecule has 0 bridgehead atoms. The van der Waals surface area contributed by atoms with Crippen LogP contribution in [0.2, 0.25) is 0 Å². The molecule has 1 unspecified atom stereocenters. The van der Waals surface area contributed by atoms with E-state index in [-0.39, 0.29) is 22.2 Å². The first-order valence-electron chi connectivity index (χ1n) is 8.89. The summed E-state index contributed by atoms with van der Waals surface area (Å²) in [5, 5.41) is 21.8. The van der Waals surface area contributed by atoms with Crippen molar-refractivity contribution in [3.63, 3.8) is 0 Å². The van der Waals surface area contributed by atoms with Crippen LogP contribution in [-0.2, 0) is 25.5 Å². The Kier molecular flexibility index (Phi) is 8.09. The molecule has 1 amide bonds. The van der Waals surface area contributed by atoms with Crippen molar-refractivity contribution in [1.29, 1.82) is 0 Å². The third-order valence-electron chi connectivity index (χ3n) is 4.24. The zero-order valence-electron chi connectivity index (χ0n) is 16.1. The highest BCUT2D eigenvalue weighted by molar-refractivity contribution is 8.13. The van der Waals surface area contributed by atoms with E-state index in [4.69, 9.17) is 4.74 Å². The fourth-order valence-electron chi connectivity index (χ4n) is 2.72. The number of ether oxygens (including phenoxy) is 1. The molecule has 3 N–H and O–H groups in total. The number of hydrogen-bond acceptors (Lipinski definition) is 7. The standard InChI is InChI=1S/C21H23NO6S/c1-13(23)29-12-16(10-14-6-4-3-5-7-14)20(26)22-19(21(27)28-2)15-8-9-17(24)18(25)11-15/h3-9,11,16,19,24-25H,10,12H2,1-2H3,(H,22,26)/t16?,19-/m1/s1. The van der Waals surface area contributed by atoms with Gasteiger partial charge in [0.15, 0.2) is 22.7 Å². The summed E-state index contributed by atoms with van der Waals surface area (Å²) in [4.78, 5) is 36.6. The van der Waals surface area contributed by atoms with E-state index in [0.717, 1.165) is 17.3 Å². The maximum Gasteiger partial charge on any atom is 0.333 e. The summed E-state index contributed by atoms with van der Waals surface area (Å²) in [6.07, 6.45) is 0.391. The first-order chi connectivity index (χ1) is 13.8. The second-order valence-corrected chi connectivity index (χ2v) is 7.60. The number of benzene rings is 2. The van der Waals surface area contributed by atoms with Crippen LogP contribution >= 0.6 is 11.8 Å².